The minimum absolute atomic E-state index is 0.104. The highest BCUT2D eigenvalue weighted by atomic mass is 16.5. The molecule has 0 saturated heterocycles. The van der Waals surface area contributed by atoms with Crippen LogP contribution in [0.3, 0.4) is 0 Å². The Balaban J connectivity index is 2.68. The van der Waals surface area contributed by atoms with Gasteiger partial charge in [-0.15, -0.1) is 0 Å². The van der Waals surface area contributed by atoms with Gasteiger partial charge in [-0.05, 0) is 30.9 Å². The van der Waals surface area contributed by atoms with Gasteiger partial charge >= 0.3 is 5.97 Å². The largest absolute Gasteiger partial charge is 0.480 e. The summed E-state index contributed by atoms with van der Waals surface area (Å²) in [6.07, 6.45) is 1.84. The first-order valence-corrected chi connectivity index (χ1v) is 7.19. The fraction of sp³-hybridized carbons (Fsp3) is 0.500. The van der Waals surface area contributed by atoms with Crippen LogP contribution in [0.2, 0.25) is 0 Å². The Morgan fingerprint density at radius 3 is 2.24 bits per heavy atom. The highest BCUT2D eigenvalue weighted by Crippen LogP contribution is 2.24. The fourth-order valence-electron chi connectivity index (χ4n) is 2.19. The first kappa shape index (κ1) is 17.2. The average Bonchev–Trinajstić information content (AvgIpc) is 2.44. The van der Waals surface area contributed by atoms with Gasteiger partial charge < -0.3 is 15.2 Å². The monoisotopic (exact) mass is 293 g/mol. The van der Waals surface area contributed by atoms with Crippen molar-refractivity contribution in [3.63, 3.8) is 0 Å². The van der Waals surface area contributed by atoms with Crippen LogP contribution in [-0.2, 0) is 27.2 Å². The summed E-state index contributed by atoms with van der Waals surface area (Å²) in [4.78, 5) is 22.2. The van der Waals surface area contributed by atoms with Crippen LogP contribution in [0.4, 0.5) is 5.69 Å². The van der Waals surface area contributed by atoms with Gasteiger partial charge in [-0.2, -0.15) is 0 Å². The van der Waals surface area contributed by atoms with Crippen LogP contribution < -0.4 is 5.32 Å². The summed E-state index contributed by atoms with van der Waals surface area (Å²) in [5.41, 5.74) is 4.30. The van der Waals surface area contributed by atoms with E-state index in [9.17, 15) is 9.59 Å². The smallest absolute Gasteiger partial charge is 0.329 e. The molecule has 0 saturated carbocycles. The van der Waals surface area contributed by atoms with E-state index in [0.29, 0.717) is 0 Å². The van der Waals surface area contributed by atoms with Crippen LogP contribution in [0.15, 0.2) is 12.1 Å². The number of carboxylic acid groups (broad SMARTS) is 1. The first-order chi connectivity index (χ1) is 9.97. The second-order valence-corrected chi connectivity index (χ2v) is 4.91. The molecule has 0 aliphatic carbocycles. The maximum absolute atomic E-state index is 11.9. The van der Waals surface area contributed by atoms with Crippen molar-refractivity contribution < 1.29 is 19.4 Å². The zero-order valence-electron chi connectivity index (χ0n) is 12.9. The molecule has 0 bridgehead atoms. The minimum Gasteiger partial charge on any atom is -0.480 e. The second-order valence-electron chi connectivity index (χ2n) is 4.91. The lowest BCUT2D eigenvalue weighted by Crippen LogP contribution is -2.18. The van der Waals surface area contributed by atoms with Gasteiger partial charge in [0.15, 0.2) is 0 Å². The van der Waals surface area contributed by atoms with Gasteiger partial charge in [0.05, 0.1) is 13.0 Å². The quantitative estimate of drug-likeness (QED) is 0.722. The molecule has 116 valence electrons. The highest BCUT2D eigenvalue weighted by molar-refractivity contribution is 5.92. The van der Waals surface area contributed by atoms with Crippen LogP contribution >= 0.6 is 0 Å². The molecule has 1 rings (SSSR count). The molecule has 2 N–H and O–H groups in total. The summed E-state index contributed by atoms with van der Waals surface area (Å²) in [6.45, 7) is 5.88. The van der Waals surface area contributed by atoms with Crippen molar-refractivity contribution >= 4 is 17.6 Å². The number of benzene rings is 1. The lowest BCUT2D eigenvalue weighted by atomic mass is 9.99. The molecule has 0 radical (unpaired) electrons. The Morgan fingerprint density at radius 1 is 1.19 bits per heavy atom. The standard InChI is InChI=1S/C16H23NO4/c1-4-12-8-11(3)9-13(5-2)16(12)17-14(18)6-7-21-10-15(19)20/h8-9H,4-7,10H2,1-3H3,(H,17,18)(H,19,20). The third-order valence-electron chi connectivity index (χ3n) is 3.17. The number of hydrogen-bond acceptors (Lipinski definition) is 3. The van der Waals surface area contributed by atoms with E-state index in [1.807, 2.05) is 6.92 Å². The third-order valence-corrected chi connectivity index (χ3v) is 3.17. The number of ether oxygens (including phenoxy) is 1. The number of carboxylic acids is 1. The number of rotatable bonds is 8. The van der Waals surface area contributed by atoms with Crippen molar-refractivity contribution in [3.8, 4) is 0 Å². The van der Waals surface area contributed by atoms with Gasteiger partial charge in [-0.3, -0.25) is 4.79 Å². The number of carbonyl (C=O) groups is 2. The molecule has 0 aliphatic rings. The predicted octanol–water partition coefficient (Wildman–Crippen LogP) is 2.55. The van der Waals surface area contributed by atoms with Crippen LogP contribution in [0.25, 0.3) is 0 Å². The number of nitrogens with one attached hydrogen (secondary N) is 1. The highest BCUT2D eigenvalue weighted by Gasteiger charge is 2.11. The van der Waals surface area contributed by atoms with E-state index < -0.39 is 5.97 Å². The predicted molar refractivity (Wildman–Crippen MR) is 81.6 cm³/mol. The number of aliphatic carboxylic acids is 1. The average molecular weight is 293 g/mol. The Kier molecular flexibility index (Phi) is 6.88. The molecular formula is C16H23NO4. The molecule has 0 spiro atoms. The van der Waals surface area contributed by atoms with Crippen molar-refractivity contribution in [2.75, 3.05) is 18.5 Å². The molecule has 0 fully saturated rings. The zero-order valence-corrected chi connectivity index (χ0v) is 12.9. The molecule has 5 nitrogen and oxygen atoms in total. The maximum atomic E-state index is 11.9. The molecular weight excluding hydrogens is 270 g/mol. The Labute approximate surface area is 125 Å². The molecule has 1 aromatic carbocycles. The van der Waals surface area contributed by atoms with Gasteiger partial charge in [0.1, 0.15) is 6.61 Å². The summed E-state index contributed by atoms with van der Waals surface area (Å²) >= 11 is 0. The van der Waals surface area contributed by atoms with Crippen molar-refractivity contribution in [1.82, 2.24) is 0 Å². The zero-order chi connectivity index (χ0) is 15.8. The van der Waals surface area contributed by atoms with Crippen molar-refractivity contribution in [2.45, 2.75) is 40.0 Å². The molecule has 1 aromatic rings. The number of aryl methyl sites for hydroxylation is 3. The van der Waals surface area contributed by atoms with Gasteiger partial charge in [-0.1, -0.05) is 31.5 Å². The third kappa shape index (κ3) is 5.55. The fourth-order valence-corrected chi connectivity index (χ4v) is 2.19. The molecule has 5 heteroatoms. The summed E-state index contributed by atoms with van der Waals surface area (Å²) < 4.78 is 4.88. The van der Waals surface area contributed by atoms with Crippen LogP contribution in [0.5, 0.6) is 0 Å². The van der Waals surface area contributed by atoms with E-state index in [2.05, 4.69) is 31.3 Å². The van der Waals surface area contributed by atoms with Crippen molar-refractivity contribution in [3.05, 3.63) is 28.8 Å². The molecule has 21 heavy (non-hydrogen) atoms. The number of carbonyl (C=O) groups excluding carboxylic acids is 1. The van der Waals surface area contributed by atoms with E-state index >= 15 is 0 Å². The number of hydrogen-bond donors (Lipinski definition) is 2. The summed E-state index contributed by atoms with van der Waals surface area (Å²) in [5, 5.41) is 11.4. The Bertz CT molecular complexity index is 486. The van der Waals surface area contributed by atoms with E-state index in [4.69, 9.17) is 9.84 Å². The van der Waals surface area contributed by atoms with E-state index in [-0.39, 0.29) is 25.5 Å². The number of amides is 1. The summed E-state index contributed by atoms with van der Waals surface area (Å²) in [6, 6.07) is 4.16. The number of anilines is 1. The maximum Gasteiger partial charge on any atom is 0.329 e. The lowest BCUT2D eigenvalue weighted by molar-refractivity contribution is -0.142. The van der Waals surface area contributed by atoms with Crippen molar-refractivity contribution in [1.29, 1.82) is 0 Å². The minimum atomic E-state index is -1.03. The van der Waals surface area contributed by atoms with Crippen LogP contribution in [0, 0.1) is 6.92 Å². The van der Waals surface area contributed by atoms with Gasteiger partial charge in [0.25, 0.3) is 0 Å². The molecule has 0 atom stereocenters. The SMILES string of the molecule is CCc1cc(C)cc(CC)c1NC(=O)CCOCC(=O)O. The summed E-state index contributed by atoms with van der Waals surface area (Å²) in [5.74, 6) is -1.19. The van der Waals surface area contributed by atoms with E-state index in [1.165, 1.54) is 5.56 Å². The molecule has 0 aromatic heterocycles. The molecule has 0 unspecified atom stereocenters. The lowest BCUT2D eigenvalue weighted by Gasteiger charge is -2.15. The topological polar surface area (TPSA) is 75.6 Å². The normalized spacial score (nSPS) is 10.4. The Morgan fingerprint density at radius 2 is 1.76 bits per heavy atom. The molecule has 0 aliphatic heterocycles. The molecule has 1 amide bonds. The van der Waals surface area contributed by atoms with Gasteiger partial charge in [0.2, 0.25) is 5.91 Å². The Hall–Kier alpha value is -1.88. The van der Waals surface area contributed by atoms with Crippen molar-refractivity contribution in [2.24, 2.45) is 0 Å². The van der Waals surface area contributed by atoms with E-state index in [1.54, 1.807) is 0 Å². The van der Waals surface area contributed by atoms with Gasteiger partial charge in [-0.25, -0.2) is 4.79 Å². The second kappa shape index (κ2) is 8.42. The molecule has 0 heterocycles. The first-order valence-electron chi connectivity index (χ1n) is 7.19. The van der Waals surface area contributed by atoms with Crippen LogP contribution in [0.1, 0.15) is 37.0 Å². The van der Waals surface area contributed by atoms with Crippen LogP contribution in [-0.4, -0.2) is 30.2 Å². The van der Waals surface area contributed by atoms with Gasteiger partial charge in [0, 0.05) is 5.69 Å². The van der Waals surface area contributed by atoms with E-state index in [0.717, 1.165) is 29.7 Å². The summed E-state index contributed by atoms with van der Waals surface area (Å²) in [7, 11) is 0.